The van der Waals surface area contributed by atoms with E-state index in [1.807, 2.05) is 7.05 Å². The Balaban J connectivity index is 2.30. The van der Waals surface area contributed by atoms with Crippen molar-refractivity contribution in [2.24, 2.45) is 0 Å². The largest absolute Gasteiger partial charge is 0.317 e. The van der Waals surface area contributed by atoms with Crippen LogP contribution in [0.15, 0.2) is 42.5 Å². The average Bonchev–Trinajstić information content (AvgIpc) is 2.47. The fourth-order valence-electron chi connectivity index (χ4n) is 2.64. The van der Waals surface area contributed by atoms with Gasteiger partial charge in [-0.3, -0.25) is 0 Å². The van der Waals surface area contributed by atoms with Crippen molar-refractivity contribution >= 4 is 0 Å². The summed E-state index contributed by atoms with van der Waals surface area (Å²) >= 11 is 0. The van der Waals surface area contributed by atoms with Gasteiger partial charge >= 0.3 is 0 Å². The average molecular weight is 267 g/mol. The summed E-state index contributed by atoms with van der Waals surface area (Å²) in [5.74, 6) is 0. The molecule has 1 N–H and O–H groups in total. The highest BCUT2D eigenvalue weighted by Crippen LogP contribution is 2.28. The summed E-state index contributed by atoms with van der Waals surface area (Å²) in [4.78, 5) is 0. The Kier molecular flexibility index (Phi) is 4.97. The summed E-state index contributed by atoms with van der Waals surface area (Å²) < 4.78 is 0. The van der Waals surface area contributed by atoms with E-state index < -0.39 is 0 Å². The predicted molar refractivity (Wildman–Crippen MR) is 88.2 cm³/mol. The first-order chi connectivity index (χ1) is 9.63. The molecule has 1 atom stereocenters. The molecule has 2 rings (SSSR count). The number of rotatable bonds is 5. The normalized spacial score (nSPS) is 12.4. The number of benzene rings is 2. The first kappa shape index (κ1) is 14.8. The van der Waals surface area contributed by atoms with Gasteiger partial charge in [0.1, 0.15) is 0 Å². The molecule has 0 aliphatic carbocycles. The van der Waals surface area contributed by atoms with Gasteiger partial charge in [0, 0.05) is 6.04 Å². The molecule has 0 bridgehead atoms. The maximum atomic E-state index is 3.31. The molecule has 1 nitrogen and oxygen atoms in total. The Hall–Kier alpha value is -1.60. The highest BCUT2D eigenvalue weighted by molar-refractivity contribution is 5.71. The van der Waals surface area contributed by atoms with Gasteiger partial charge in [-0.2, -0.15) is 0 Å². The fourth-order valence-corrected chi connectivity index (χ4v) is 2.64. The molecule has 20 heavy (non-hydrogen) atoms. The zero-order valence-electron chi connectivity index (χ0n) is 13.0. The molecule has 0 unspecified atom stereocenters. The summed E-state index contributed by atoms with van der Waals surface area (Å²) in [5, 5.41) is 3.31. The van der Waals surface area contributed by atoms with Crippen molar-refractivity contribution in [3.05, 3.63) is 59.2 Å². The minimum Gasteiger partial charge on any atom is -0.317 e. The third kappa shape index (κ3) is 3.29. The fraction of sp³-hybridized carbons (Fsp3) is 0.368. The van der Waals surface area contributed by atoms with Crippen LogP contribution in [0.2, 0.25) is 0 Å². The van der Waals surface area contributed by atoms with Gasteiger partial charge in [0.15, 0.2) is 0 Å². The standard InChI is InChI=1S/C19H25N/c1-14-8-5-6-10-18(14)19-11-7-9-17(16(19)3)13-12-15(2)20-4/h5-11,15,20H,12-13H2,1-4H3/t15-/m1/s1. The zero-order chi connectivity index (χ0) is 14.5. The van der Waals surface area contributed by atoms with Crippen LogP contribution in [-0.4, -0.2) is 13.1 Å². The van der Waals surface area contributed by atoms with E-state index in [4.69, 9.17) is 0 Å². The van der Waals surface area contributed by atoms with Gasteiger partial charge in [0.05, 0.1) is 0 Å². The smallest absolute Gasteiger partial charge is 0.00388 e. The zero-order valence-corrected chi connectivity index (χ0v) is 13.0. The van der Waals surface area contributed by atoms with Crippen LogP contribution >= 0.6 is 0 Å². The third-order valence-electron chi connectivity index (χ3n) is 4.22. The maximum absolute atomic E-state index is 3.31. The van der Waals surface area contributed by atoms with Gasteiger partial charge in [0.25, 0.3) is 0 Å². The second-order valence-corrected chi connectivity index (χ2v) is 5.63. The van der Waals surface area contributed by atoms with Gasteiger partial charge in [-0.25, -0.2) is 0 Å². The first-order valence-corrected chi connectivity index (χ1v) is 7.45. The van der Waals surface area contributed by atoms with Gasteiger partial charge in [-0.1, -0.05) is 42.5 Å². The molecular weight excluding hydrogens is 242 g/mol. The SMILES string of the molecule is CN[C@H](C)CCc1cccc(-c2ccccc2C)c1C. The van der Waals surface area contributed by atoms with Crippen molar-refractivity contribution in [2.45, 2.75) is 39.7 Å². The maximum Gasteiger partial charge on any atom is 0.00388 e. The lowest BCUT2D eigenvalue weighted by Gasteiger charge is -2.15. The van der Waals surface area contributed by atoms with Crippen LogP contribution in [0.1, 0.15) is 30.0 Å². The molecule has 0 saturated heterocycles. The third-order valence-corrected chi connectivity index (χ3v) is 4.22. The summed E-state index contributed by atoms with van der Waals surface area (Å²) in [6.45, 7) is 6.67. The van der Waals surface area contributed by atoms with Gasteiger partial charge in [-0.05, 0) is 68.5 Å². The van der Waals surface area contributed by atoms with Crippen LogP contribution < -0.4 is 5.32 Å². The van der Waals surface area contributed by atoms with Crippen molar-refractivity contribution in [1.82, 2.24) is 5.32 Å². The van der Waals surface area contributed by atoms with E-state index in [0.717, 1.165) is 6.42 Å². The first-order valence-electron chi connectivity index (χ1n) is 7.45. The quantitative estimate of drug-likeness (QED) is 0.840. The van der Waals surface area contributed by atoms with Crippen LogP contribution in [0.25, 0.3) is 11.1 Å². The molecule has 0 amide bonds. The molecule has 0 radical (unpaired) electrons. The Morgan fingerprint density at radius 1 is 0.950 bits per heavy atom. The molecule has 2 aromatic rings. The monoisotopic (exact) mass is 267 g/mol. The molecule has 0 fully saturated rings. The molecular formula is C19H25N. The molecule has 1 heteroatoms. The summed E-state index contributed by atoms with van der Waals surface area (Å²) in [6, 6.07) is 15.9. The predicted octanol–water partition coefficient (Wildman–Crippen LogP) is 4.51. The number of aryl methyl sites for hydroxylation is 2. The van der Waals surface area contributed by atoms with E-state index in [1.165, 1.54) is 34.2 Å². The lowest BCUT2D eigenvalue weighted by atomic mass is 9.91. The number of hydrogen-bond donors (Lipinski definition) is 1. The molecule has 0 saturated carbocycles. The van der Waals surface area contributed by atoms with Gasteiger partial charge in [-0.15, -0.1) is 0 Å². The highest BCUT2D eigenvalue weighted by atomic mass is 14.8. The van der Waals surface area contributed by atoms with E-state index in [2.05, 4.69) is 68.6 Å². The second-order valence-electron chi connectivity index (χ2n) is 5.63. The highest BCUT2D eigenvalue weighted by Gasteiger charge is 2.08. The minimum atomic E-state index is 0.566. The van der Waals surface area contributed by atoms with Crippen LogP contribution in [-0.2, 0) is 6.42 Å². The topological polar surface area (TPSA) is 12.0 Å². The molecule has 2 aromatic carbocycles. The lowest BCUT2D eigenvalue weighted by molar-refractivity contribution is 0.564. The van der Waals surface area contributed by atoms with Crippen LogP contribution in [0.5, 0.6) is 0 Å². The van der Waals surface area contributed by atoms with Crippen molar-refractivity contribution in [1.29, 1.82) is 0 Å². The van der Waals surface area contributed by atoms with Crippen LogP contribution in [0, 0.1) is 13.8 Å². The van der Waals surface area contributed by atoms with E-state index in [-0.39, 0.29) is 0 Å². The number of nitrogens with one attached hydrogen (secondary N) is 1. The molecule has 0 aromatic heterocycles. The van der Waals surface area contributed by atoms with Crippen molar-refractivity contribution in [3.8, 4) is 11.1 Å². The lowest BCUT2D eigenvalue weighted by Crippen LogP contribution is -2.21. The minimum absolute atomic E-state index is 0.566. The van der Waals surface area contributed by atoms with E-state index in [9.17, 15) is 0 Å². The van der Waals surface area contributed by atoms with Crippen LogP contribution in [0.4, 0.5) is 0 Å². The van der Waals surface area contributed by atoms with Crippen molar-refractivity contribution in [2.75, 3.05) is 7.05 Å². The molecule has 106 valence electrons. The molecule has 0 aliphatic heterocycles. The van der Waals surface area contributed by atoms with Crippen LogP contribution in [0.3, 0.4) is 0 Å². The Morgan fingerprint density at radius 3 is 2.35 bits per heavy atom. The summed E-state index contributed by atoms with van der Waals surface area (Å²) in [5.41, 5.74) is 6.96. The van der Waals surface area contributed by atoms with Gasteiger partial charge in [0.2, 0.25) is 0 Å². The van der Waals surface area contributed by atoms with Crippen molar-refractivity contribution < 1.29 is 0 Å². The molecule has 0 aliphatic rings. The Morgan fingerprint density at radius 2 is 1.65 bits per heavy atom. The van der Waals surface area contributed by atoms with Crippen molar-refractivity contribution in [3.63, 3.8) is 0 Å². The Bertz CT molecular complexity index is 572. The summed E-state index contributed by atoms with van der Waals surface area (Å²) in [7, 11) is 2.03. The Labute approximate surface area is 123 Å². The van der Waals surface area contributed by atoms with E-state index in [0.29, 0.717) is 6.04 Å². The van der Waals surface area contributed by atoms with E-state index in [1.54, 1.807) is 0 Å². The number of hydrogen-bond acceptors (Lipinski definition) is 1. The molecule has 0 spiro atoms. The van der Waals surface area contributed by atoms with E-state index >= 15 is 0 Å². The van der Waals surface area contributed by atoms with Gasteiger partial charge < -0.3 is 5.32 Å². The second kappa shape index (κ2) is 6.71. The molecule has 0 heterocycles. The summed E-state index contributed by atoms with van der Waals surface area (Å²) in [6.07, 6.45) is 2.31.